The van der Waals surface area contributed by atoms with Gasteiger partial charge in [0, 0.05) is 0 Å². The molecule has 0 saturated heterocycles. The molecule has 0 aliphatic carbocycles. The second-order valence-corrected chi connectivity index (χ2v) is 8.50. The predicted octanol–water partition coefficient (Wildman–Crippen LogP) is 2.70. The van der Waals surface area contributed by atoms with Crippen molar-refractivity contribution in [2.75, 3.05) is 27.1 Å². The molecule has 0 fully saturated rings. The maximum atomic E-state index is 12.5. The van der Waals surface area contributed by atoms with Crippen LogP contribution < -0.4 is 29.3 Å². The number of methoxy groups -OCH3 is 3. The highest BCUT2D eigenvalue weighted by molar-refractivity contribution is 7.99. The van der Waals surface area contributed by atoms with Crippen molar-refractivity contribution in [1.29, 1.82) is 0 Å². The molecule has 0 bridgehead atoms. The van der Waals surface area contributed by atoms with Crippen molar-refractivity contribution in [3.8, 4) is 40.1 Å². The van der Waals surface area contributed by atoms with Gasteiger partial charge in [-0.1, -0.05) is 36.1 Å². The number of rotatable bonds is 10. The number of aromatic nitrogens is 3. The van der Waals surface area contributed by atoms with E-state index in [1.165, 1.54) is 25.1 Å². The van der Waals surface area contributed by atoms with Gasteiger partial charge in [0.05, 0.1) is 44.0 Å². The summed E-state index contributed by atoms with van der Waals surface area (Å²) in [5.74, 6) is 1.49. The molecule has 190 valence electrons. The molecule has 1 heterocycles. The third kappa shape index (κ3) is 5.84. The van der Waals surface area contributed by atoms with Crippen LogP contribution >= 0.6 is 11.8 Å². The molecule has 1 aromatic heterocycles. The van der Waals surface area contributed by atoms with Crippen molar-refractivity contribution >= 4 is 23.9 Å². The van der Waals surface area contributed by atoms with Crippen LogP contribution in [0.5, 0.6) is 23.0 Å². The first-order valence-electron chi connectivity index (χ1n) is 11.1. The predicted molar refractivity (Wildman–Crippen MR) is 138 cm³/mol. The number of hydrogen-bond donors (Lipinski definition) is 2. The Morgan fingerprint density at radius 2 is 1.78 bits per heavy atom. The monoisotopic (exact) mass is 519 g/mol. The molecule has 10 nitrogen and oxygen atoms in total. The third-order valence-corrected chi connectivity index (χ3v) is 6.24. The lowest BCUT2D eigenvalue weighted by Gasteiger charge is -2.14. The Labute approximate surface area is 217 Å². The van der Waals surface area contributed by atoms with Crippen LogP contribution in [0.3, 0.4) is 0 Å². The zero-order valence-electron chi connectivity index (χ0n) is 20.4. The summed E-state index contributed by atoms with van der Waals surface area (Å²) in [5.41, 5.74) is 4.44. The minimum atomic E-state index is -0.355. The first-order chi connectivity index (χ1) is 18.0. The Morgan fingerprint density at radius 3 is 2.51 bits per heavy atom. The zero-order valence-corrected chi connectivity index (χ0v) is 21.2. The summed E-state index contributed by atoms with van der Waals surface area (Å²) in [6, 6.07) is 20.1. The van der Waals surface area contributed by atoms with E-state index in [4.69, 9.17) is 14.2 Å². The number of hydrazone groups is 1. The van der Waals surface area contributed by atoms with Gasteiger partial charge in [-0.25, -0.2) is 5.43 Å². The number of nitrogens with zero attached hydrogens (tertiary/aromatic N) is 3. The minimum Gasteiger partial charge on any atom is -0.870 e. The van der Waals surface area contributed by atoms with Gasteiger partial charge in [0.25, 0.3) is 11.7 Å². The fourth-order valence-corrected chi connectivity index (χ4v) is 4.28. The summed E-state index contributed by atoms with van der Waals surface area (Å²) in [6.45, 7) is 0. The van der Waals surface area contributed by atoms with E-state index in [9.17, 15) is 9.90 Å². The van der Waals surface area contributed by atoms with E-state index < -0.39 is 0 Å². The molecule has 0 radical (unpaired) electrons. The second kappa shape index (κ2) is 12.0. The molecule has 0 spiro atoms. The van der Waals surface area contributed by atoms with Crippen LogP contribution in [0.15, 0.2) is 77.0 Å². The molecule has 4 aromatic rings. The molecular formula is C26H25N5O5S. The Morgan fingerprint density at radius 1 is 1.03 bits per heavy atom. The van der Waals surface area contributed by atoms with Crippen LogP contribution in [0.2, 0.25) is 0 Å². The summed E-state index contributed by atoms with van der Waals surface area (Å²) in [7, 11) is 4.58. The number of aromatic amines is 1. The van der Waals surface area contributed by atoms with Crippen LogP contribution in [0.4, 0.5) is 0 Å². The normalized spacial score (nSPS) is 10.9. The van der Waals surface area contributed by atoms with Crippen LogP contribution in [-0.4, -0.2) is 49.4 Å². The third-order valence-electron chi connectivity index (χ3n) is 5.30. The molecule has 0 saturated carbocycles. The standard InChI is InChI=1S/C26H25N5O5S/c1-34-20-13-12-17(14-22(20)36-3)25-29-30-26(31(25)19-9-5-4-6-10-19)37-16-23(32)28-27-15-18-8-7-11-21(35-2)24(18)33/h4-15H,16H2,1-3H3,(H2,27,28,32,33). The fourth-order valence-electron chi connectivity index (χ4n) is 3.52. The number of nitrogens with one attached hydrogen (secondary N) is 2. The quantitative estimate of drug-likeness (QED) is 0.143. The average Bonchev–Trinajstić information content (AvgIpc) is 3.37. The number of carbonyl (C=O) groups is 1. The number of para-hydroxylation sites is 2. The first-order valence-corrected chi connectivity index (χ1v) is 12.1. The van der Waals surface area contributed by atoms with E-state index in [1.807, 2.05) is 53.1 Å². The molecule has 0 aliphatic heterocycles. The molecule has 0 atom stereocenters. The van der Waals surface area contributed by atoms with Gasteiger partial charge in [-0.3, -0.25) is 4.79 Å². The Bertz CT molecular complexity index is 1410. The molecule has 37 heavy (non-hydrogen) atoms. The Hall–Kier alpha value is -4.51. The molecule has 3 aromatic carbocycles. The van der Waals surface area contributed by atoms with Crippen LogP contribution in [0.1, 0.15) is 5.56 Å². The number of thioether (sulfide) groups is 1. The minimum absolute atomic E-state index is 0.0444. The highest BCUT2D eigenvalue weighted by Crippen LogP contribution is 2.31. The fraction of sp³-hybridized carbons (Fsp3) is 0.154. The largest absolute Gasteiger partial charge is 0.870 e. The van der Waals surface area contributed by atoms with Crippen molar-refractivity contribution in [3.63, 3.8) is 0 Å². The number of ether oxygens (including phenoxy) is 3. The molecule has 1 amide bonds. The van der Waals surface area contributed by atoms with E-state index in [-0.39, 0.29) is 23.2 Å². The Kier molecular flexibility index (Phi) is 8.26. The lowest BCUT2D eigenvalue weighted by Crippen LogP contribution is -2.34. The van der Waals surface area contributed by atoms with E-state index >= 15 is 0 Å². The SMILES string of the molecule is COc1ccc(-c2[nH]nc(SCC(=O)NN=Cc3cccc(OC)c3[O-])[n+]2-c2ccccc2)cc1OC. The van der Waals surface area contributed by atoms with Gasteiger partial charge in [-0.15, -0.1) is 5.10 Å². The Balaban J connectivity index is 1.53. The molecule has 0 unspecified atom stereocenters. The summed E-state index contributed by atoms with van der Waals surface area (Å²) >= 11 is 1.24. The van der Waals surface area contributed by atoms with Crippen LogP contribution in [0, 0.1) is 0 Å². The highest BCUT2D eigenvalue weighted by atomic mass is 32.2. The molecule has 2 N–H and O–H groups in total. The molecular weight excluding hydrogens is 494 g/mol. The van der Waals surface area contributed by atoms with Gasteiger partial charge in [0.1, 0.15) is 11.4 Å². The van der Waals surface area contributed by atoms with Gasteiger partial charge in [-0.05, 0) is 53.7 Å². The maximum Gasteiger partial charge on any atom is 0.342 e. The average molecular weight is 520 g/mol. The van der Waals surface area contributed by atoms with Crippen molar-refractivity contribution in [2.24, 2.45) is 5.10 Å². The van der Waals surface area contributed by atoms with Gasteiger partial charge in [0.15, 0.2) is 11.5 Å². The summed E-state index contributed by atoms with van der Waals surface area (Å²) < 4.78 is 17.7. The van der Waals surface area contributed by atoms with E-state index in [0.717, 1.165) is 11.3 Å². The number of hydrogen-bond acceptors (Lipinski definition) is 8. The molecule has 4 rings (SSSR count). The van der Waals surface area contributed by atoms with Gasteiger partial charge >= 0.3 is 5.16 Å². The number of H-pyrrole nitrogens is 1. The summed E-state index contributed by atoms with van der Waals surface area (Å²) in [4.78, 5) is 12.5. The maximum absolute atomic E-state index is 12.5. The lowest BCUT2D eigenvalue weighted by molar-refractivity contribution is -0.625. The smallest absolute Gasteiger partial charge is 0.342 e. The van der Waals surface area contributed by atoms with Crippen molar-refractivity contribution in [1.82, 2.24) is 15.6 Å². The summed E-state index contributed by atoms with van der Waals surface area (Å²) in [5, 5.41) is 24.2. The van der Waals surface area contributed by atoms with E-state index in [2.05, 4.69) is 20.7 Å². The number of amides is 1. The molecule has 0 aliphatic rings. The zero-order chi connectivity index (χ0) is 26.2. The van der Waals surface area contributed by atoms with Gasteiger partial charge < -0.3 is 19.3 Å². The number of benzene rings is 3. The van der Waals surface area contributed by atoms with Gasteiger partial charge in [0.2, 0.25) is 0 Å². The van der Waals surface area contributed by atoms with Crippen LogP contribution in [0.25, 0.3) is 17.1 Å². The van der Waals surface area contributed by atoms with Crippen molar-refractivity contribution in [3.05, 3.63) is 72.3 Å². The first kappa shape index (κ1) is 25.6. The lowest BCUT2D eigenvalue weighted by atomic mass is 10.2. The highest BCUT2D eigenvalue weighted by Gasteiger charge is 2.25. The topological polar surface area (TPSA) is 125 Å². The second-order valence-electron chi connectivity index (χ2n) is 7.56. The number of carbonyl (C=O) groups excluding carboxylic acids is 1. The molecule has 11 heteroatoms. The van der Waals surface area contributed by atoms with Crippen molar-refractivity contribution < 1.29 is 28.7 Å². The van der Waals surface area contributed by atoms with Gasteiger partial charge in [-0.2, -0.15) is 9.67 Å². The van der Waals surface area contributed by atoms with Crippen molar-refractivity contribution in [2.45, 2.75) is 5.16 Å². The van der Waals surface area contributed by atoms with E-state index in [0.29, 0.717) is 28.0 Å². The summed E-state index contributed by atoms with van der Waals surface area (Å²) in [6.07, 6.45) is 1.29. The van der Waals surface area contributed by atoms with E-state index in [1.54, 1.807) is 32.4 Å². The van der Waals surface area contributed by atoms with Crippen LogP contribution in [-0.2, 0) is 4.79 Å².